The quantitative estimate of drug-likeness (QED) is 0.774. The Hall–Kier alpha value is -2.14. The van der Waals surface area contributed by atoms with Crippen LogP contribution >= 0.6 is 0 Å². The average Bonchev–Trinajstić information content (AvgIpc) is 2.39. The Morgan fingerprint density at radius 2 is 1.88 bits per heavy atom. The Balaban J connectivity index is 2.30. The van der Waals surface area contributed by atoms with Crippen molar-refractivity contribution in [3.8, 4) is 6.01 Å². The first-order chi connectivity index (χ1) is 8.22. The minimum absolute atomic E-state index is 0.266. The van der Waals surface area contributed by atoms with Gasteiger partial charge in [0.25, 0.3) is 0 Å². The predicted molar refractivity (Wildman–Crippen MR) is 63.5 cm³/mol. The van der Waals surface area contributed by atoms with E-state index in [-0.39, 0.29) is 6.01 Å². The average molecular weight is 231 g/mol. The third-order valence-corrected chi connectivity index (χ3v) is 2.44. The van der Waals surface area contributed by atoms with Gasteiger partial charge >= 0.3 is 6.01 Å². The lowest BCUT2D eigenvalue weighted by atomic mass is 10.0. The normalized spacial score (nSPS) is 12.1. The first-order valence-electron chi connectivity index (χ1n) is 5.10. The van der Waals surface area contributed by atoms with Crippen molar-refractivity contribution >= 4 is 5.69 Å². The van der Waals surface area contributed by atoms with E-state index in [1.54, 1.807) is 12.1 Å². The monoisotopic (exact) mass is 231 g/mol. The minimum atomic E-state index is -0.831. The molecule has 1 aromatic carbocycles. The molecule has 1 atom stereocenters. The van der Waals surface area contributed by atoms with E-state index >= 15 is 0 Å². The van der Waals surface area contributed by atoms with Crippen LogP contribution in [-0.2, 0) is 0 Å². The molecule has 0 aliphatic heterocycles. The molecule has 0 bridgehead atoms. The van der Waals surface area contributed by atoms with Gasteiger partial charge in [0.2, 0.25) is 0 Å². The molecule has 0 saturated heterocycles. The van der Waals surface area contributed by atoms with E-state index in [0.717, 1.165) is 0 Å². The van der Waals surface area contributed by atoms with Crippen LogP contribution in [0.4, 0.5) is 5.69 Å². The molecule has 3 N–H and O–H groups in total. The van der Waals surface area contributed by atoms with Crippen LogP contribution in [-0.4, -0.2) is 22.2 Å². The number of nitrogens with two attached hydrogens (primary N) is 1. The largest absolute Gasteiger partial charge is 0.467 e. The van der Waals surface area contributed by atoms with Gasteiger partial charge in [0.15, 0.2) is 0 Å². The summed E-state index contributed by atoms with van der Waals surface area (Å²) in [4.78, 5) is 7.88. The second-order valence-electron chi connectivity index (χ2n) is 3.53. The number of hydrogen-bond donors (Lipinski definition) is 2. The van der Waals surface area contributed by atoms with Crippen molar-refractivity contribution in [3.05, 3.63) is 47.8 Å². The van der Waals surface area contributed by atoms with Crippen LogP contribution in [0.3, 0.4) is 0 Å². The molecule has 88 valence electrons. The van der Waals surface area contributed by atoms with Crippen molar-refractivity contribution in [2.75, 3.05) is 12.8 Å². The first-order valence-corrected chi connectivity index (χ1v) is 5.10. The van der Waals surface area contributed by atoms with Gasteiger partial charge in [-0.1, -0.05) is 18.2 Å². The number of hydrogen-bond acceptors (Lipinski definition) is 5. The molecule has 5 heteroatoms. The number of aliphatic hydroxyl groups excluding tert-OH is 1. The fourth-order valence-electron chi connectivity index (χ4n) is 1.51. The van der Waals surface area contributed by atoms with Crippen molar-refractivity contribution < 1.29 is 9.84 Å². The summed E-state index contributed by atoms with van der Waals surface area (Å²) in [6.45, 7) is 0. The summed E-state index contributed by atoms with van der Waals surface area (Å²) in [6.07, 6.45) is 2.20. The highest BCUT2D eigenvalue weighted by molar-refractivity contribution is 5.49. The number of rotatable bonds is 3. The van der Waals surface area contributed by atoms with E-state index in [1.807, 2.05) is 12.1 Å². The highest BCUT2D eigenvalue weighted by Crippen LogP contribution is 2.25. The molecule has 0 aliphatic carbocycles. The Kier molecular flexibility index (Phi) is 3.20. The fraction of sp³-hybridized carbons (Fsp3) is 0.167. The zero-order valence-electron chi connectivity index (χ0n) is 9.37. The van der Waals surface area contributed by atoms with Crippen LogP contribution in [0.1, 0.15) is 17.2 Å². The van der Waals surface area contributed by atoms with Crippen LogP contribution in [0.5, 0.6) is 6.01 Å². The lowest BCUT2D eigenvalue weighted by Crippen LogP contribution is -2.05. The number of aromatic nitrogens is 2. The van der Waals surface area contributed by atoms with Gasteiger partial charge in [-0.3, -0.25) is 0 Å². The van der Waals surface area contributed by atoms with Crippen molar-refractivity contribution in [2.45, 2.75) is 6.10 Å². The fourth-order valence-corrected chi connectivity index (χ4v) is 1.51. The summed E-state index contributed by atoms with van der Waals surface area (Å²) in [5.41, 5.74) is 7.54. The highest BCUT2D eigenvalue weighted by atomic mass is 16.5. The molecule has 0 fully saturated rings. The third-order valence-electron chi connectivity index (χ3n) is 2.44. The van der Waals surface area contributed by atoms with Crippen LogP contribution in [0, 0.1) is 0 Å². The summed E-state index contributed by atoms with van der Waals surface area (Å²) in [5, 5.41) is 10.1. The zero-order valence-corrected chi connectivity index (χ0v) is 9.37. The number of benzene rings is 1. The van der Waals surface area contributed by atoms with Gasteiger partial charge in [-0.25, -0.2) is 9.97 Å². The van der Waals surface area contributed by atoms with Crippen LogP contribution in [0.25, 0.3) is 0 Å². The molecule has 0 amide bonds. The van der Waals surface area contributed by atoms with E-state index in [4.69, 9.17) is 10.5 Å². The Morgan fingerprint density at radius 3 is 2.47 bits per heavy atom. The van der Waals surface area contributed by atoms with Crippen molar-refractivity contribution in [1.82, 2.24) is 9.97 Å². The topological polar surface area (TPSA) is 81.3 Å². The maximum atomic E-state index is 10.1. The van der Waals surface area contributed by atoms with Crippen molar-refractivity contribution in [3.63, 3.8) is 0 Å². The highest BCUT2D eigenvalue weighted by Gasteiger charge is 2.13. The maximum absolute atomic E-state index is 10.1. The number of ether oxygens (including phenoxy) is 1. The minimum Gasteiger partial charge on any atom is -0.467 e. The van der Waals surface area contributed by atoms with Gasteiger partial charge in [0.1, 0.15) is 6.10 Å². The van der Waals surface area contributed by atoms with Crippen LogP contribution < -0.4 is 10.5 Å². The second-order valence-corrected chi connectivity index (χ2v) is 3.53. The van der Waals surface area contributed by atoms with Gasteiger partial charge in [-0.05, 0) is 6.07 Å². The first kappa shape index (κ1) is 11.3. The lowest BCUT2D eigenvalue weighted by Gasteiger charge is -2.12. The van der Waals surface area contributed by atoms with E-state index in [2.05, 4.69) is 9.97 Å². The Labute approximate surface area is 98.9 Å². The lowest BCUT2D eigenvalue weighted by molar-refractivity contribution is 0.219. The predicted octanol–water partition coefficient (Wildman–Crippen LogP) is 1.15. The molecular weight excluding hydrogens is 218 g/mol. The van der Waals surface area contributed by atoms with E-state index in [9.17, 15) is 5.11 Å². The SMILES string of the molecule is COc1ncc(C(O)c2ccccc2N)cn1. The number of methoxy groups -OCH3 is 1. The molecule has 2 rings (SSSR count). The molecule has 1 heterocycles. The molecule has 0 radical (unpaired) electrons. The second kappa shape index (κ2) is 4.80. The summed E-state index contributed by atoms with van der Waals surface area (Å²) in [7, 11) is 1.49. The van der Waals surface area contributed by atoms with Crippen molar-refractivity contribution in [1.29, 1.82) is 0 Å². The van der Waals surface area contributed by atoms with Gasteiger partial charge in [-0.15, -0.1) is 0 Å². The number of aliphatic hydroxyl groups is 1. The maximum Gasteiger partial charge on any atom is 0.316 e. The van der Waals surface area contributed by atoms with E-state index < -0.39 is 6.10 Å². The standard InChI is InChI=1S/C12H13N3O2/c1-17-12-14-6-8(7-15-12)11(16)9-4-2-3-5-10(9)13/h2-7,11,16H,13H2,1H3. The summed E-state index contributed by atoms with van der Waals surface area (Å²) < 4.78 is 4.85. The van der Waals surface area contributed by atoms with E-state index in [0.29, 0.717) is 16.8 Å². The molecular formula is C12H13N3O2. The molecule has 5 nitrogen and oxygen atoms in total. The molecule has 1 unspecified atom stereocenters. The molecule has 0 spiro atoms. The molecule has 17 heavy (non-hydrogen) atoms. The van der Waals surface area contributed by atoms with Crippen LogP contribution in [0.15, 0.2) is 36.7 Å². The van der Waals surface area contributed by atoms with E-state index in [1.165, 1.54) is 19.5 Å². The van der Waals surface area contributed by atoms with Gasteiger partial charge in [0, 0.05) is 29.2 Å². The number of anilines is 1. The number of nitrogen functional groups attached to an aromatic ring is 1. The van der Waals surface area contributed by atoms with Crippen molar-refractivity contribution in [2.24, 2.45) is 0 Å². The number of nitrogens with zero attached hydrogens (tertiary/aromatic N) is 2. The number of para-hydroxylation sites is 1. The summed E-state index contributed by atoms with van der Waals surface area (Å²) in [6, 6.07) is 7.41. The molecule has 2 aromatic rings. The van der Waals surface area contributed by atoms with Gasteiger partial charge in [0.05, 0.1) is 7.11 Å². The summed E-state index contributed by atoms with van der Waals surface area (Å²) in [5.74, 6) is 0. The zero-order chi connectivity index (χ0) is 12.3. The van der Waals surface area contributed by atoms with Gasteiger partial charge < -0.3 is 15.6 Å². The smallest absolute Gasteiger partial charge is 0.316 e. The molecule has 1 aromatic heterocycles. The Bertz CT molecular complexity index is 499. The summed E-state index contributed by atoms with van der Waals surface area (Å²) >= 11 is 0. The Morgan fingerprint density at radius 1 is 1.24 bits per heavy atom. The van der Waals surface area contributed by atoms with Crippen LogP contribution in [0.2, 0.25) is 0 Å². The molecule has 0 aliphatic rings. The third kappa shape index (κ3) is 2.34. The molecule has 0 saturated carbocycles. The van der Waals surface area contributed by atoms with Gasteiger partial charge in [-0.2, -0.15) is 0 Å².